The Balaban J connectivity index is 1.40. The van der Waals surface area contributed by atoms with Gasteiger partial charge in [0.2, 0.25) is 0 Å². The summed E-state index contributed by atoms with van der Waals surface area (Å²) in [6, 6.07) is 8.44. The van der Waals surface area contributed by atoms with Crippen LogP contribution in [0.2, 0.25) is 5.02 Å². The molecule has 2 aliphatic heterocycles. The smallest absolute Gasteiger partial charge is 0.191 e. The van der Waals surface area contributed by atoms with Gasteiger partial charge in [0, 0.05) is 56.8 Å². The summed E-state index contributed by atoms with van der Waals surface area (Å²) in [5, 5.41) is 12.5. The van der Waals surface area contributed by atoms with Crippen molar-refractivity contribution >= 4 is 17.6 Å². The average Bonchev–Trinajstić information content (AvgIpc) is 3.19. The molecule has 9 heteroatoms. The van der Waals surface area contributed by atoms with Gasteiger partial charge in [-0.1, -0.05) is 23.7 Å². The van der Waals surface area contributed by atoms with Gasteiger partial charge >= 0.3 is 0 Å². The van der Waals surface area contributed by atoms with E-state index in [4.69, 9.17) is 21.1 Å². The maximum Gasteiger partial charge on any atom is 0.191 e. The van der Waals surface area contributed by atoms with Gasteiger partial charge in [-0.15, -0.1) is 0 Å². The molecule has 1 aromatic heterocycles. The highest BCUT2D eigenvalue weighted by atomic mass is 35.5. The highest BCUT2D eigenvalue weighted by Crippen LogP contribution is 2.35. The van der Waals surface area contributed by atoms with Gasteiger partial charge < -0.3 is 20.1 Å². The summed E-state index contributed by atoms with van der Waals surface area (Å²) >= 11 is 6.30. The molecule has 0 radical (unpaired) electrons. The van der Waals surface area contributed by atoms with Gasteiger partial charge in [0.1, 0.15) is 12.4 Å². The Labute approximate surface area is 188 Å². The number of methoxy groups -OCH3 is 1. The van der Waals surface area contributed by atoms with E-state index in [0.717, 1.165) is 74.6 Å². The predicted octanol–water partition coefficient (Wildman–Crippen LogP) is 2.31. The summed E-state index contributed by atoms with van der Waals surface area (Å²) in [4.78, 5) is 9.02. The molecule has 2 N–H and O–H groups in total. The molecule has 1 atom stereocenters. The summed E-state index contributed by atoms with van der Waals surface area (Å²) < 4.78 is 12.8. The molecular weight excluding hydrogens is 416 g/mol. The molecule has 0 bridgehead atoms. The van der Waals surface area contributed by atoms with Gasteiger partial charge in [0.25, 0.3) is 0 Å². The molecule has 8 nitrogen and oxygen atoms in total. The second-order valence-electron chi connectivity index (χ2n) is 8.27. The summed E-state index contributed by atoms with van der Waals surface area (Å²) in [7, 11) is 3.47. The number of ether oxygens (including phenoxy) is 2. The first-order valence-corrected chi connectivity index (χ1v) is 11.2. The number of aryl methyl sites for hydroxylation is 1. The van der Waals surface area contributed by atoms with Crippen molar-refractivity contribution in [2.75, 3.05) is 33.9 Å². The Bertz CT molecular complexity index is 909. The van der Waals surface area contributed by atoms with Crippen molar-refractivity contribution in [2.24, 2.45) is 4.99 Å². The zero-order chi connectivity index (χ0) is 21.7. The third kappa shape index (κ3) is 5.19. The SMILES string of the molecule is CN=C(NCC1(c2cccc(Cl)c2)CCOCC1)NC1CCc2nc(COC)nn2C1. The first-order valence-electron chi connectivity index (χ1n) is 10.8. The Morgan fingerprint density at radius 2 is 2.23 bits per heavy atom. The van der Waals surface area contributed by atoms with Gasteiger partial charge in [0.05, 0.1) is 6.54 Å². The number of aromatic nitrogens is 3. The molecule has 0 saturated carbocycles. The second kappa shape index (κ2) is 9.97. The Kier molecular flexibility index (Phi) is 7.09. The molecule has 1 aromatic carbocycles. The highest BCUT2D eigenvalue weighted by molar-refractivity contribution is 6.30. The van der Waals surface area contributed by atoms with Crippen molar-refractivity contribution in [3.8, 4) is 0 Å². The van der Waals surface area contributed by atoms with Gasteiger partial charge in [0.15, 0.2) is 11.8 Å². The van der Waals surface area contributed by atoms with E-state index in [1.165, 1.54) is 5.56 Å². The summed E-state index contributed by atoms with van der Waals surface area (Å²) in [5.74, 6) is 2.57. The van der Waals surface area contributed by atoms with Crippen LogP contribution in [0.4, 0.5) is 0 Å². The first-order chi connectivity index (χ1) is 15.1. The lowest BCUT2D eigenvalue weighted by Crippen LogP contribution is -2.51. The zero-order valence-corrected chi connectivity index (χ0v) is 19.0. The van der Waals surface area contributed by atoms with E-state index in [-0.39, 0.29) is 11.5 Å². The fourth-order valence-corrected chi connectivity index (χ4v) is 4.65. The minimum atomic E-state index is -0.0263. The lowest BCUT2D eigenvalue weighted by molar-refractivity contribution is 0.0513. The number of nitrogens with zero attached hydrogens (tertiary/aromatic N) is 4. The number of guanidine groups is 1. The third-order valence-corrected chi connectivity index (χ3v) is 6.46. The van der Waals surface area contributed by atoms with E-state index < -0.39 is 0 Å². The van der Waals surface area contributed by atoms with Crippen molar-refractivity contribution < 1.29 is 9.47 Å². The summed E-state index contributed by atoms with van der Waals surface area (Å²) in [6.07, 6.45) is 3.77. The fraction of sp³-hybridized carbons (Fsp3) is 0.591. The Morgan fingerprint density at radius 1 is 1.39 bits per heavy atom. The van der Waals surface area contributed by atoms with Crippen LogP contribution in [0.5, 0.6) is 0 Å². The van der Waals surface area contributed by atoms with Crippen molar-refractivity contribution in [1.29, 1.82) is 0 Å². The van der Waals surface area contributed by atoms with Crippen molar-refractivity contribution in [2.45, 2.75) is 50.3 Å². The molecule has 0 aliphatic carbocycles. The monoisotopic (exact) mass is 446 g/mol. The minimum Gasteiger partial charge on any atom is -0.381 e. The van der Waals surface area contributed by atoms with E-state index in [9.17, 15) is 0 Å². The molecule has 4 rings (SSSR count). The second-order valence-corrected chi connectivity index (χ2v) is 8.70. The van der Waals surface area contributed by atoms with Gasteiger partial charge in [-0.25, -0.2) is 9.67 Å². The van der Waals surface area contributed by atoms with Crippen LogP contribution in [-0.4, -0.2) is 60.7 Å². The predicted molar refractivity (Wildman–Crippen MR) is 121 cm³/mol. The molecule has 0 amide bonds. The summed E-state index contributed by atoms with van der Waals surface area (Å²) in [6.45, 7) is 3.48. The normalized spacial score (nSPS) is 20.9. The maximum absolute atomic E-state index is 6.30. The van der Waals surface area contributed by atoms with Gasteiger partial charge in [-0.05, 0) is 37.0 Å². The molecular formula is C22H31ClN6O2. The molecule has 1 fully saturated rings. The van der Waals surface area contributed by atoms with Crippen LogP contribution in [0.1, 0.15) is 36.5 Å². The Morgan fingerprint density at radius 3 is 2.97 bits per heavy atom. The highest BCUT2D eigenvalue weighted by Gasteiger charge is 2.35. The molecule has 2 aliphatic rings. The van der Waals surface area contributed by atoms with Crippen LogP contribution in [0, 0.1) is 0 Å². The van der Waals surface area contributed by atoms with E-state index >= 15 is 0 Å². The number of benzene rings is 1. The summed E-state index contributed by atoms with van der Waals surface area (Å²) in [5.41, 5.74) is 1.23. The number of hydrogen-bond acceptors (Lipinski definition) is 5. The number of fused-ring (bicyclic) bond motifs is 1. The zero-order valence-electron chi connectivity index (χ0n) is 18.2. The van der Waals surface area contributed by atoms with Crippen LogP contribution in [0.25, 0.3) is 0 Å². The number of halogens is 1. The van der Waals surface area contributed by atoms with E-state index in [1.54, 1.807) is 7.11 Å². The molecule has 1 unspecified atom stereocenters. The lowest BCUT2D eigenvalue weighted by Gasteiger charge is -2.38. The molecule has 0 spiro atoms. The van der Waals surface area contributed by atoms with Crippen LogP contribution in [-0.2, 0) is 34.5 Å². The quantitative estimate of drug-likeness (QED) is 0.523. The van der Waals surface area contributed by atoms with Crippen LogP contribution >= 0.6 is 11.6 Å². The van der Waals surface area contributed by atoms with Crippen LogP contribution in [0.3, 0.4) is 0 Å². The van der Waals surface area contributed by atoms with Gasteiger partial charge in [-0.2, -0.15) is 5.10 Å². The first kappa shape index (κ1) is 22.0. The third-order valence-electron chi connectivity index (χ3n) is 6.22. The largest absolute Gasteiger partial charge is 0.381 e. The molecule has 3 heterocycles. The van der Waals surface area contributed by atoms with E-state index in [0.29, 0.717) is 6.61 Å². The number of rotatable bonds is 6. The number of hydrogen-bond donors (Lipinski definition) is 2. The van der Waals surface area contributed by atoms with Crippen molar-refractivity contribution in [1.82, 2.24) is 25.4 Å². The van der Waals surface area contributed by atoms with Crippen molar-refractivity contribution in [3.05, 3.63) is 46.5 Å². The minimum absolute atomic E-state index is 0.0263. The van der Waals surface area contributed by atoms with E-state index in [2.05, 4.69) is 37.8 Å². The van der Waals surface area contributed by atoms with Crippen LogP contribution < -0.4 is 10.6 Å². The van der Waals surface area contributed by atoms with Gasteiger partial charge in [-0.3, -0.25) is 4.99 Å². The Hall–Kier alpha value is -2.16. The molecule has 2 aromatic rings. The van der Waals surface area contributed by atoms with Crippen LogP contribution in [0.15, 0.2) is 29.3 Å². The van der Waals surface area contributed by atoms with E-state index in [1.807, 2.05) is 23.9 Å². The maximum atomic E-state index is 6.30. The molecule has 31 heavy (non-hydrogen) atoms. The molecule has 1 saturated heterocycles. The molecule has 168 valence electrons. The average molecular weight is 447 g/mol. The fourth-order valence-electron chi connectivity index (χ4n) is 4.46. The number of aliphatic imine (C=N–C) groups is 1. The van der Waals surface area contributed by atoms with Crippen molar-refractivity contribution in [3.63, 3.8) is 0 Å². The lowest BCUT2D eigenvalue weighted by atomic mass is 9.74. The standard InChI is InChI=1S/C22H31ClN6O2/c1-24-21(26-18-6-7-20-27-19(14-30-2)28-29(20)13-18)25-15-22(8-10-31-11-9-22)16-4-3-5-17(23)12-16/h3-5,12,18H,6-11,13-15H2,1-2H3,(H2,24,25,26). The topological polar surface area (TPSA) is 85.6 Å². The number of nitrogens with one attached hydrogen (secondary N) is 2.